The highest BCUT2D eigenvalue weighted by Crippen LogP contribution is 2.23. The molecule has 2 unspecified atom stereocenters. The van der Waals surface area contributed by atoms with Gasteiger partial charge in [-0.05, 0) is 45.0 Å². The van der Waals surface area contributed by atoms with Crippen LogP contribution in [-0.2, 0) is 21.3 Å². The molecule has 4 rings (SSSR count). The summed E-state index contributed by atoms with van der Waals surface area (Å²) in [6.45, 7) is 6.39. The van der Waals surface area contributed by atoms with E-state index in [-0.39, 0.29) is 42.6 Å². The Labute approximate surface area is 194 Å². The lowest BCUT2D eigenvalue weighted by atomic mass is 10.2. The van der Waals surface area contributed by atoms with Crippen molar-refractivity contribution in [2.75, 3.05) is 20.1 Å². The predicted molar refractivity (Wildman–Crippen MR) is 125 cm³/mol. The maximum absolute atomic E-state index is 13.2. The highest BCUT2D eigenvalue weighted by atomic mass is 32.2. The number of morpholine rings is 1. The summed E-state index contributed by atoms with van der Waals surface area (Å²) < 4.78 is 33.5. The molecule has 0 saturated carbocycles. The Bertz CT molecular complexity index is 1280. The molecule has 2 heterocycles. The summed E-state index contributed by atoms with van der Waals surface area (Å²) in [7, 11) is -2.09. The van der Waals surface area contributed by atoms with Crippen molar-refractivity contribution in [3.63, 3.8) is 0 Å². The zero-order chi connectivity index (χ0) is 23.8. The van der Waals surface area contributed by atoms with Crippen LogP contribution in [-0.4, -0.2) is 65.8 Å². The zero-order valence-corrected chi connectivity index (χ0v) is 20.0. The Kier molecular flexibility index (Phi) is 6.47. The Morgan fingerprint density at radius 3 is 2.52 bits per heavy atom. The number of aryl methyl sites for hydroxylation is 1. The van der Waals surface area contributed by atoms with E-state index in [2.05, 4.69) is 9.97 Å². The van der Waals surface area contributed by atoms with E-state index in [9.17, 15) is 13.2 Å². The lowest BCUT2D eigenvalue weighted by Crippen LogP contribution is -2.48. The van der Waals surface area contributed by atoms with E-state index in [0.29, 0.717) is 11.4 Å². The van der Waals surface area contributed by atoms with Crippen molar-refractivity contribution in [3.05, 3.63) is 65.6 Å². The van der Waals surface area contributed by atoms with Crippen LogP contribution in [0.25, 0.3) is 10.9 Å². The van der Waals surface area contributed by atoms with E-state index < -0.39 is 10.0 Å². The first kappa shape index (κ1) is 23.3. The summed E-state index contributed by atoms with van der Waals surface area (Å²) in [6.07, 6.45) is -0.380. The van der Waals surface area contributed by atoms with Gasteiger partial charge in [0.2, 0.25) is 10.0 Å². The Morgan fingerprint density at radius 1 is 1.09 bits per heavy atom. The number of sulfonamides is 1. The van der Waals surface area contributed by atoms with Gasteiger partial charge in [0.05, 0.1) is 29.2 Å². The maximum atomic E-state index is 13.2. The van der Waals surface area contributed by atoms with Gasteiger partial charge in [-0.2, -0.15) is 4.31 Å². The van der Waals surface area contributed by atoms with Gasteiger partial charge in [0.25, 0.3) is 5.91 Å². The lowest BCUT2D eigenvalue weighted by molar-refractivity contribution is -0.0440. The second-order valence-electron chi connectivity index (χ2n) is 8.51. The number of nitrogens with zero attached hydrogens (tertiary/aromatic N) is 4. The summed E-state index contributed by atoms with van der Waals surface area (Å²) in [5, 5.41) is 0.972. The fraction of sp³-hybridized carbons (Fsp3) is 0.375. The highest BCUT2D eigenvalue weighted by molar-refractivity contribution is 7.89. The summed E-state index contributed by atoms with van der Waals surface area (Å²) in [5.41, 5.74) is 1.96. The summed E-state index contributed by atoms with van der Waals surface area (Å²) in [6, 6.07) is 13.9. The van der Waals surface area contributed by atoms with Crippen LogP contribution < -0.4 is 0 Å². The number of carbonyl (C=O) groups is 1. The number of hydrogen-bond donors (Lipinski definition) is 0. The lowest BCUT2D eigenvalue weighted by Gasteiger charge is -2.34. The van der Waals surface area contributed by atoms with Crippen molar-refractivity contribution in [2.45, 2.75) is 44.4 Å². The molecule has 0 radical (unpaired) electrons. The van der Waals surface area contributed by atoms with E-state index in [1.165, 1.54) is 21.3 Å². The number of benzene rings is 2. The number of rotatable bonds is 5. The van der Waals surface area contributed by atoms with Crippen molar-refractivity contribution < 1.29 is 17.9 Å². The molecule has 33 heavy (non-hydrogen) atoms. The monoisotopic (exact) mass is 468 g/mol. The van der Waals surface area contributed by atoms with Crippen LogP contribution in [0.3, 0.4) is 0 Å². The molecule has 2 atom stereocenters. The van der Waals surface area contributed by atoms with Crippen molar-refractivity contribution >= 4 is 26.8 Å². The average molecular weight is 469 g/mol. The minimum absolute atomic E-state index is 0.0980. The van der Waals surface area contributed by atoms with Crippen LogP contribution in [0.5, 0.6) is 0 Å². The van der Waals surface area contributed by atoms with E-state index in [4.69, 9.17) is 4.74 Å². The fourth-order valence-corrected chi connectivity index (χ4v) is 5.77. The molecule has 1 saturated heterocycles. The zero-order valence-electron chi connectivity index (χ0n) is 19.2. The predicted octanol–water partition coefficient (Wildman–Crippen LogP) is 3.01. The fourth-order valence-electron chi connectivity index (χ4n) is 4.14. The number of para-hydroxylation sites is 1. The van der Waals surface area contributed by atoms with Gasteiger partial charge in [-0.1, -0.05) is 24.3 Å². The van der Waals surface area contributed by atoms with Crippen LogP contribution in [0.15, 0.2) is 53.4 Å². The summed E-state index contributed by atoms with van der Waals surface area (Å²) in [5.74, 6) is 0.229. The maximum Gasteiger partial charge on any atom is 0.254 e. The molecule has 0 bridgehead atoms. The molecule has 3 aromatic rings. The minimum atomic E-state index is -3.74. The van der Waals surface area contributed by atoms with Gasteiger partial charge in [-0.15, -0.1) is 0 Å². The average Bonchev–Trinajstić information content (AvgIpc) is 2.78. The number of ether oxygens (including phenoxy) is 1. The van der Waals surface area contributed by atoms with Crippen LogP contribution >= 0.6 is 0 Å². The number of aromatic nitrogens is 2. The number of carbonyl (C=O) groups excluding carboxylic acids is 1. The van der Waals surface area contributed by atoms with Gasteiger partial charge in [-0.25, -0.2) is 18.4 Å². The van der Waals surface area contributed by atoms with Gasteiger partial charge in [0.1, 0.15) is 5.82 Å². The van der Waals surface area contributed by atoms with Crippen molar-refractivity contribution in [1.82, 2.24) is 19.2 Å². The highest BCUT2D eigenvalue weighted by Gasteiger charge is 2.32. The first-order valence-electron chi connectivity index (χ1n) is 10.9. The molecule has 0 N–H and O–H groups in total. The third-order valence-electron chi connectivity index (χ3n) is 5.67. The molecule has 2 aromatic carbocycles. The van der Waals surface area contributed by atoms with E-state index >= 15 is 0 Å². The number of amides is 1. The topological polar surface area (TPSA) is 92.7 Å². The van der Waals surface area contributed by atoms with E-state index in [1.54, 1.807) is 19.2 Å². The molecule has 1 aliphatic rings. The number of fused-ring (bicyclic) bond motifs is 1. The minimum Gasteiger partial charge on any atom is -0.373 e. The van der Waals surface area contributed by atoms with Crippen LogP contribution in [0.1, 0.15) is 35.7 Å². The Morgan fingerprint density at radius 2 is 1.79 bits per heavy atom. The second kappa shape index (κ2) is 9.17. The van der Waals surface area contributed by atoms with Crippen LogP contribution in [0.4, 0.5) is 0 Å². The van der Waals surface area contributed by atoms with Gasteiger partial charge in [0, 0.05) is 36.8 Å². The molecule has 1 amide bonds. The molecule has 9 heteroatoms. The summed E-state index contributed by atoms with van der Waals surface area (Å²) in [4.78, 5) is 23.8. The van der Waals surface area contributed by atoms with Gasteiger partial charge < -0.3 is 9.64 Å². The van der Waals surface area contributed by atoms with Crippen LogP contribution in [0, 0.1) is 6.92 Å². The Hall–Kier alpha value is -2.88. The molecule has 8 nitrogen and oxygen atoms in total. The Balaban J connectivity index is 1.55. The quantitative estimate of drug-likeness (QED) is 0.572. The molecule has 1 aromatic heterocycles. The molecule has 1 aliphatic heterocycles. The molecule has 1 fully saturated rings. The van der Waals surface area contributed by atoms with Gasteiger partial charge >= 0.3 is 0 Å². The smallest absolute Gasteiger partial charge is 0.254 e. The molecular formula is C24H28N4O4S. The van der Waals surface area contributed by atoms with Crippen LogP contribution in [0.2, 0.25) is 0 Å². The normalized spacial score (nSPS) is 19.5. The third kappa shape index (κ3) is 4.90. The molecular weight excluding hydrogens is 440 g/mol. The van der Waals surface area contributed by atoms with E-state index in [0.717, 1.165) is 16.6 Å². The largest absolute Gasteiger partial charge is 0.373 e. The molecule has 174 valence electrons. The number of hydrogen-bond acceptors (Lipinski definition) is 6. The SMILES string of the molecule is Cc1nc(CN(C)C(=O)c2cccc(S(=O)(=O)N3CC(C)OC(C)C3)c2)nc2ccccc12. The van der Waals surface area contributed by atoms with Crippen molar-refractivity contribution in [3.8, 4) is 0 Å². The first-order valence-corrected chi connectivity index (χ1v) is 12.3. The van der Waals surface area contributed by atoms with E-state index in [1.807, 2.05) is 45.0 Å². The van der Waals surface area contributed by atoms with Gasteiger partial charge in [-0.3, -0.25) is 4.79 Å². The standard InChI is InChI=1S/C24H28N4O4S/c1-16-13-28(14-17(2)32-16)33(30,31)20-9-7-8-19(12-20)24(29)27(4)15-23-25-18(3)21-10-5-6-11-22(21)26-23/h5-12,16-17H,13-15H2,1-4H3. The molecule has 0 aliphatic carbocycles. The molecule has 0 spiro atoms. The van der Waals surface area contributed by atoms with Crippen molar-refractivity contribution in [1.29, 1.82) is 0 Å². The van der Waals surface area contributed by atoms with Crippen molar-refractivity contribution in [2.24, 2.45) is 0 Å². The summed E-state index contributed by atoms with van der Waals surface area (Å²) >= 11 is 0. The third-order valence-corrected chi connectivity index (χ3v) is 7.50. The second-order valence-corrected chi connectivity index (χ2v) is 10.4. The first-order chi connectivity index (χ1) is 15.6. The van der Waals surface area contributed by atoms with Gasteiger partial charge in [0.15, 0.2) is 0 Å².